The molecule has 1 aliphatic rings. The molecular formula is C11H18F2O2S. The molecule has 0 amide bonds. The lowest BCUT2D eigenvalue weighted by Gasteiger charge is -2.42. The average molecular weight is 252 g/mol. The van der Waals surface area contributed by atoms with Gasteiger partial charge in [0.05, 0.1) is 12.9 Å². The molecule has 1 unspecified atom stereocenters. The van der Waals surface area contributed by atoms with Crippen LogP contribution < -0.4 is 0 Å². The number of ether oxygens (including phenoxy) is 1. The van der Waals surface area contributed by atoms with Gasteiger partial charge in [-0.15, -0.1) is 0 Å². The van der Waals surface area contributed by atoms with Gasteiger partial charge in [0.2, 0.25) is 0 Å². The van der Waals surface area contributed by atoms with E-state index in [4.69, 9.17) is 0 Å². The van der Waals surface area contributed by atoms with Crippen LogP contribution in [0.15, 0.2) is 0 Å². The van der Waals surface area contributed by atoms with Crippen LogP contribution in [0.3, 0.4) is 0 Å². The summed E-state index contributed by atoms with van der Waals surface area (Å²) in [6.07, 6.45) is 0.392. The molecule has 0 spiro atoms. The second-order valence-corrected chi connectivity index (χ2v) is 5.78. The maximum absolute atomic E-state index is 14.0. The van der Waals surface area contributed by atoms with Crippen LogP contribution in [-0.4, -0.2) is 30.5 Å². The SMILES string of the molecule is COC(=O)C1(CC(C)C)CCSCC1(F)F. The molecule has 94 valence electrons. The summed E-state index contributed by atoms with van der Waals surface area (Å²) < 4.78 is 32.6. The number of halogens is 2. The van der Waals surface area contributed by atoms with E-state index in [1.165, 1.54) is 18.9 Å². The minimum Gasteiger partial charge on any atom is -0.468 e. The molecule has 0 saturated carbocycles. The summed E-state index contributed by atoms with van der Waals surface area (Å²) in [5.74, 6) is -3.36. The van der Waals surface area contributed by atoms with Crippen LogP contribution >= 0.6 is 11.8 Å². The molecule has 0 bridgehead atoms. The predicted molar refractivity (Wildman–Crippen MR) is 60.8 cm³/mol. The van der Waals surface area contributed by atoms with E-state index in [9.17, 15) is 13.6 Å². The van der Waals surface area contributed by atoms with Crippen molar-refractivity contribution in [3.8, 4) is 0 Å². The number of hydrogen-bond acceptors (Lipinski definition) is 3. The number of thioether (sulfide) groups is 1. The summed E-state index contributed by atoms with van der Waals surface area (Å²) in [4.78, 5) is 11.7. The fourth-order valence-electron chi connectivity index (χ4n) is 2.25. The Morgan fingerprint density at radius 1 is 1.50 bits per heavy atom. The first-order valence-electron chi connectivity index (χ1n) is 5.40. The molecule has 1 heterocycles. The molecule has 1 fully saturated rings. The van der Waals surface area contributed by atoms with Crippen molar-refractivity contribution in [2.75, 3.05) is 18.6 Å². The van der Waals surface area contributed by atoms with Crippen LogP contribution in [-0.2, 0) is 9.53 Å². The molecule has 0 aromatic rings. The third-order valence-corrected chi connectivity index (χ3v) is 4.05. The van der Waals surface area contributed by atoms with Gasteiger partial charge in [-0.25, -0.2) is 8.78 Å². The summed E-state index contributed by atoms with van der Waals surface area (Å²) in [6.45, 7) is 3.70. The van der Waals surface area contributed by atoms with Crippen LogP contribution in [0.2, 0.25) is 0 Å². The van der Waals surface area contributed by atoms with E-state index < -0.39 is 17.3 Å². The Kier molecular flexibility index (Phi) is 4.21. The molecule has 1 aliphatic heterocycles. The summed E-state index contributed by atoms with van der Waals surface area (Å²) in [7, 11) is 1.18. The maximum atomic E-state index is 14.0. The van der Waals surface area contributed by atoms with Crippen molar-refractivity contribution in [2.45, 2.75) is 32.6 Å². The Balaban J connectivity index is 3.05. The molecule has 0 aromatic carbocycles. The Morgan fingerprint density at radius 2 is 2.12 bits per heavy atom. The first kappa shape index (κ1) is 13.7. The molecular weight excluding hydrogens is 234 g/mol. The molecule has 5 heteroatoms. The monoisotopic (exact) mass is 252 g/mol. The molecule has 16 heavy (non-hydrogen) atoms. The predicted octanol–water partition coefficient (Wildman–Crippen LogP) is 2.96. The van der Waals surface area contributed by atoms with Crippen molar-refractivity contribution in [1.82, 2.24) is 0 Å². The molecule has 0 aliphatic carbocycles. The summed E-state index contributed by atoms with van der Waals surface area (Å²) in [6, 6.07) is 0. The normalized spacial score (nSPS) is 29.1. The van der Waals surface area contributed by atoms with E-state index in [2.05, 4.69) is 4.74 Å². The number of rotatable bonds is 3. The molecule has 1 saturated heterocycles. The van der Waals surface area contributed by atoms with Crippen LogP contribution in [0.25, 0.3) is 0 Å². The van der Waals surface area contributed by atoms with E-state index in [0.717, 1.165) is 0 Å². The molecule has 2 nitrogen and oxygen atoms in total. The Bertz CT molecular complexity index is 269. The van der Waals surface area contributed by atoms with Crippen molar-refractivity contribution in [3.63, 3.8) is 0 Å². The largest absolute Gasteiger partial charge is 0.468 e. The van der Waals surface area contributed by atoms with Crippen LogP contribution in [0.4, 0.5) is 8.78 Å². The van der Waals surface area contributed by atoms with Gasteiger partial charge in [-0.2, -0.15) is 11.8 Å². The second-order valence-electron chi connectivity index (χ2n) is 4.68. The third-order valence-electron chi connectivity index (χ3n) is 2.99. The first-order chi connectivity index (χ1) is 7.35. The number of alkyl halides is 2. The molecule has 1 atom stereocenters. The molecule has 0 aromatic heterocycles. The highest BCUT2D eigenvalue weighted by molar-refractivity contribution is 7.99. The number of methoxy groups -OCH3 is 1. The van der Waals surface area contributed by atoms with Gasteiger partial charge in [-0.1, -0.05) is 13.8 Å². The van der Waals surface area contributed by atoms with E-state index in [0.29, 0.717) is 5.75 Å². The van der Waals surface area contributed by atoms with E-state index >= 15 is 0 Å². The highest BCUT2D eigenvalue weighted by Gasteiger charge is 2.60. The van der Waals surface area contributed by atoms with Gasteiger partial charge in [0.1, 0.15) is 5.41 Å². The van der Waals surface area contributed by atoms with E-state index in [1.807, 2.05) is 13.8 Å². The Morgan fingerprint density at radius 3 is 2.56 bits per heavy atom. The van der Waals surface area contributed by atoms with Crippen molar-refractivity contribution in [1.29, 1.82) is 0 Å². The van der Waals surface area contributed by atoms with Crippen LogP contribution in [0, 0.1) is 11.3 Å². The molecule has 0 N–H and O–H groups in total. The van der Waals surface area contributed by atoms with Crippen molar-refractivity contribution < 1.29 is 18.3 Å². The van der Waals surface area contributed by atoms with E-state index in [1.54, 1.807) is 0 Å². The fourth-order valence-corrected chi connectivity index (χ4v) is 3.42. The first-order valence-corrected chi connectivity index (χ1v) is 6.55. The van der Waals surface area contributed by atoms with Gasteiger partial charge in [-0.05, 0) is 24.5 Å². The summed E-state index contributed by atoms with van der Waals surface area (Å²) in [5, 5.41) is 0. The highest BCUT2D eigenvalue weighted by atomic mass is 32.2. The van der Waals surface area contributed by atoms with Crippen molar-refractivity contribution in [3.05, 3.63) is 0 Å². The fraction of sp³-hybridized carbons (Fsp3) is 0.909. The standard InChI is InChI=1S/C11H18F2O2S/c1-8(2)6-10(9(14)15-3)4-5-16-7-11(10,12)13/h8H,4-7H2,1-3H3. The lowest BCUT2D eigenvalue weighted by molar-refractivity contribution is -0.182. The van der Waals surface area contributed by atoms with Gasteiger partial charge < -0.3 is 4.74 Å². The summed E-state index contributed by atoms with van der Waals surface area (Å²) in [5.41, 5.74) is -1.61. The van der Waals surface area contributed by atoms with E-state index in [-0.39, 0.29) is 24.5 Å². The Labute approximate surface area is 99.1 Å². The lowest BCUT2D eigenvalue weighted by Crippen LogP contribution is -2.53. The number of esters is 1. The molecule has 1 rings (SSSR count). The second kappa shape index (κ2) is 4.90. The van der Waals surface area contributed by atoms with Crippen LogP contribution in [0.1, 0.15) is 26.7 Å². The van der Waals surface area contributed by atoms with Gasteiger partial charge >= 0.3 is 5.97 Å². The zero-order valence-electron chi connectivity index (χ0n) is 9.89. The number of carbonyl (C=O) groups is 1. The topological polar surface area (TPSA) is 26.3 Å². The lowest BCUT2D eigenvalue weighted by atomic mass is 9.72. The maximum Gasteiger partial charge on any atom is 0.318 e. The average Bonchev–Trinajstić information content (AvgIpc) is 2.19. The zero-order chi connectivity index (χ0) is 12.4. The minimum absolute atomic E-state index is 0.0491. The third kappa shape index (κ3) is 2.34. The Hall–Kier alpha value is -0.320. The van der Waals surface area contributed by atoms with Gasteiger partial charge in [0, 0.05) is 0 Å². The van der Waals surface area contributed by atoms with Crippen molar-refractivity contribution in [2.24, 2.45) is 11.3 Å². The highest BCUT2D eigenvalue weighted by Crippen LogP contribution is 2.51. The van der Waals surface area contributed by atoms with Gasteiger partial charge in [0.25, 0.3) is 5.92 Å². The minimum atomic E-state index is -2.96. The number of carbonyl (C=O) groups excluding carboxylic acids is 1. The van der Waals surface area contributed by atoms with Gasteiger partial charge in [0.15, 0.2) is 0 Å². The zero-order valence-corrected chi connectivity index (χ0v) is 10.7. The molecule has 0 radical (unpaired) electrons. The van der Waals surface area contributed by atoms with Crippen LogP contribution in [0.5, 0.6) is 0 Å². The number of hydrogen-bond donors (Lipinski definition) is 0. The quantitative estimate of drug-likeness (QED) is 0.722. The van der Waals surface area contributed by atoms with Gasteiger partial charge in [-0.3, -0.25) is 4.79 Å². The smallest absolute Gasteiger partial charge is 0.318 e. The van der Waals surface area contributed by atoms with Crippen molar-refractivity contribution >= 4 is 17.7 Å². The summed E-state index contributed by atoms with van der Waals surface area (Å²) >= 11 is 1.20.